The number of allylic oxidation sites excluding steroid dienone is 1. The van der Waals surface area contributed by atoms with Crippen LogP contribution >= 0.6 is 0 Å². The van der Waals surface area contributed by atoms with Gasteiger partial charge in [-0.05, 0) is 50.3 Å². The molecule has 1 aliphatic carbocycles. The molecule has 0 fully saturated rings. The average molecular weight is 356 g/mol. The third kappa shape index (κ3) is 4.84. The average Bonchev–Trinajstić information content (AvgIpc) is 3.37. The van der Waals surface area contributed by atoms with E-state index in [1.807, 2.05) is 6.07 Å². The summed E-state index contributed by atoms with van der Waals surface area (Å²) in [5.41, 5.74) is 1.37. The molecule has 26 heavy (non-hydrogen) atoms. The first kappa shape index (κ1) is 18.0. The zero-order chi connectivity index (χ0) is 18.2. The zero-order valence-corrected chi connectivity index (χ0v) is 14.7. The second-order valence-electron chi connectivity index (χ2n) is 6.34. The van der Waals surface area contributed by atoms with Gasteiger partial charge in [0.15, 0.2) is 0 Å². The molecule has 138 valence electrons. The molecule has 7 nitrogen and oxygen atoms in total. The van der Waals surface area contributed by atoms with Crippen LogP contribution in [0.5, 0.6) is 0 Å². The Labute approximate surface area is 152 Å². The van der Waals surface area contributed by atoms with Gasteiger partial charge in [0, 0.05) is 25.5 Å². The van der Waals surface area contributed by atoms with E-state index in [4.69, 9.17) is 4.42 Å². The number of nitrogens with one attached hydrogen (secondary N) is 2. The second kappa shape index (κ2) is 9.03. The summed E-state index contributed by atoms with van der Waals surface area (Å²) in [4.78, 5) is 24.1. The van der Waals surface area contributed by atoms with Crippen LogP contribution in [0.15, 0.2) is 52.9 Å². The lowest BCUT2D eigenvalue weighted by atomic mass is 9.97. The SMILES string of the molecule is O=C(NCCC1=CCCCC1)C(=O)NC[C@H](c1ccco1)n1cccn1. The Kier molecular flexibility index (Phi) is 6.24. The predicted octanol–water partition coefficient (Wildman–Crippen LogP) is 2.19. The maximum absolute atomic E-state index is 12.1. The van der Waals surface area contributed by atoms with Crippen molar-refractivity contribution in [1.29, 1.82) is 0 Å². The van der Waals surface area contributed by atoms with E-state index in [0.717, 1.165) is 19.3 Å². The van der Waals surface area contributed by atoms with Crippen molar-refractivity contribution in [3.63, 3.8) is 0 Å². The smallest absolute Gasteiger partial charge is 0.309 e. The molecular weight excluding hydrogens is 332 g/mol. The van der Waals surface area contributed by atoms with E-state index < -0.39 is 11.8 Å². The lowest BCUT2D eigenvalue weighted by molar-refractivity contribution is -0.139. The molecule has 0 spiro atoms. The van der Waals surface area contributed by atoms with Gasteiger partial charge in [-0.25, -0.2) is 0 Å². The van der Waals surface area contributed by atoms with Crippen molar-refractivity contribution in [3.05, 3.63) is 54.3 Å². The summed E-state index contributed by atoms with van der Waals surface area (Å²) in [5.74, 6) is -0.593. The van der Waals surface area contributed by atoms with Crippen LogP contribution in [0.2, 0.25) is 0 Å². The number of amides is 2. The van der Waals surface area contributed by atoms with Crippen LogP contribution in [0.1, 0.15) is 43.9 Å². The van der Waals surface area contributed by atoms with Gasteiger partial charge < -0.3 is 15.1 Å². The summed E-state index contributed by atoms with van der Waals surface area (Å²) in [6.45, 7) is 0.700. The number of carbonyl (C=O) groups excluding carboxylic acids is 2. The third-order valence-corrected chi connectivity index (χ3v) is 4.49. The van der Waals surface area contributed by atoms with Crippen LogP contribution in [0.3, 0.4) is 0 Å². The number of carbonyl (C=O) groups is 2. The summed E-state index contributed by atoms with van der Waals surface area (Å²) >= 11 is 0. The summed E-state index contributed by atoms with van der Waals surface area (Å²) in [7, 11) is 0. The third-order valence-electron chi connectivity index (χ3n) is 4.49. The fourth-order valence-electron chi connectivity index (χ4n) is 3.09. The second-order valence-corrected chi connectivity index (χ2v) is 6.34. The summed E-state index contributed by atoms with van der Waals surface area (Å²) in [5, 5.41) is 9.54. The molecule has 0 bridgehead atoms. The fourth-order valence-corrected chi connectivity index (χ4v) is 3.09. The number of aromatic nitrogens is 2. The van der Waals surface area contributed by atoms with Crippen molar-refractivity contribution in [2.24, 2.45) is 0 Å². The Morgan fingerprint density at radius 1 is 1.23 bits per heavy atom. The zero-order valence-electron chi connectivity index (χ0n) is 14.7. The van der Waals surface area contributed by atoms with Crippen LogP contribution in [0.25, 0.3) is 0 Å². The van der Waals surface area contributed by atoms with E-state index in [2.05, 4.69) is 21.8 Å². The monoisotopic (exact) mass is 356 g/mol. The first-order valence-corrected chi connectivity index (χ1v) is 9.00. The molecule has 7 heteroatoms. The normalized spacial score (nSPS) is 15.2. The van der Waals surface area contributed by atoms with Gasteiger partial charge in [-0.15, -0.1) is 0 Å². The summed E-state index contributed by atoms with van der Waals surface area (Å²) in [6.07, 6.45) is 12.7. The maximum atomic E-state index is 12.1. The van der Waals surface area contributed by atoms with Crippen molar-refractivity contribution in [1.82, 2.24) is 20.4 Å². The minimum atomic E-state index is -0.647. The predicted molar refractivity (Wildman–Crippen MR) is 96.3 cm³/mol. The number of furan rings is 1. The quantitative estimate of drug-likeness (QED) is 0.588. The molecule has 1 atom stereocenters. The lowest BCUT2D eigenvalue weighted by Gasteiger charge is -2.16. The minimum absolute atomic E-state index is 0.215. The summed E-state index contributed by atoms with van der Waals surface area (Å²) < 4.78 is 7.11. The maximum Gasteiger partial charge on any atom is 0.309 e. The van der Waals surface area contributed by atoms with Crippen LogP contribution < -0.4 is 10.6 Å². The van der Waals surface area contributed by atoms with E-state index in [1.54, 1.807) is 35.5 Å². The summed E-state index contributed by atoms with van der Waals surface area (Å²) in [6, 6.07) is 5.09. The van der Waals surface area contributed by atoms with E-state index in [-0.39, 0.29) is 12.6 Å². The van der Waals surface area contributed by atoms with E-state index in [9.17, 15) is 9.59 Å². The van der Waals surface area contributed by atoms with Gasteiger partial charge in [-0.1, -0.05) is 11.6 Å². The Morgan fingerprint density at radius 3 is 2.81 bits per heavy atom. The number of hydrogen-bond acceptors (Lipinski definition) is 4. The number of nitrogens with zero attached hydrogens (tertiary/aromatic N) is 2. The van der Waals surface area contributed by atoms with Gasteiger partial charge >= 0.3 is 11.8 Å². The molecule has 2 aromatic rings. The molecule has 0 saturated carbocycles. The van der Waals surface area contributed by atoms with Crippen LogP contribution in [0.4, 0.5) is 0 Å². The Bertz CT molecular complexity index is 701. The lowest BCUT2D eigenvalue weighted by Crippen LogP contribution is -2.42. The fraction of sp³-hybridized carbons (Fsp3) is 0.421. The van der Waals surface area contributed by atoms with Crippen LogP contribution in [0, 0.1) is 0 Å². The first-order chi connectivity index (χ1) is 12.7. The molecule has 1 aliphatic rings. The number of rotatable bonds is 7. The van der Waals surface area contributed by atoms with Crippen molar-refractivity contribution in [2.75, 3.05) is 13.1 Å². The van der Waals surface area contributed by atoms with Crippen molar-refractivity contribution in [2.45, 2.75) is 38.1 Å². The highest BCUT2D eigenvalue weighted by atomic mass is 16.3. The largest absolute Gasteiger partial charge is 0.467 e. The van der Waals surface area contributed by atoms with Gasteiger partial charge in [-0.2, -0.15) is 5.10 Å². The molecule has 0 aromatic carbocycles. The van der Waals surface area contributed by atoms with Gasteiger partial charge in [-0.3, -0.25) is 14.3 Å². The van der Waals surface area contributed by atoms with Crippen LogP contribution in [-0.4, -0.2) is 34.7 Å². The molecule has 0 radical (unpaired) electrons. The van der Waals surface area contributed by atoms with E-state index in [0.29, 0.717) is 12.3 Å². The van der Waals surface area contributed by atoms with E-state index in [1.165, 1.54) is 18.4 Å². The Balaban J connectivity index is 1.47. The van der Waals surface area contributed by atoms with Crippen LogP contribution in [-0.2, 0) is 9.59 Å². The highest BCUT2D eigenvalue weighted by molar-refractivity contribution is 6.35. The Hall–Kier alpha value is -2.83. The molecule has 2 amide bonds. The number of hydrogen-bond donors (Lipinski definition) is 2. The van der Waals surface area contributed by atoms with Gasteiger partial charge in [0.2, 0.25) is 0 Å². The van der Waals surface area contributed by atoms with Crippen molar-refractivity contribution < 1.29 is 14.0 Å². The standard InChI is InChI=1S/C19H24N4O3/c24-18(20-11-9-15-6-2-1-3-7-15)19(25)21-14-16(17-8-4-13-26-17)23-12-5-10-22-23/h4-6,8,10,12-13,16H,1-3,7,9,11,14H2,(H,20,24)(H,21,25)/t16-/m1/s1. The molecule has 2 aromatic heterocycles. The molecule has 2 N–H and O–H groups in total. The molecule has 0 aliphatic heterocycles. The highest BCUT2D eigenvalue weighted by Crippen LogP contribution is 2.19. The van der Waals surface area contributed by atoms with Gasteiger partial charge in [0.05, 0.1) is 6.26 Å². The molecule has 3 rings (SSSR count). The first-order valence-electron chi connectivity index (χ1n) is 9.00. The minimum Gasteiger partial charge on any atom is -0.467 e. The molecule has 2 heterocycles. The molecular formula is C19H24N4O3. The van der Waals surface area contributed by atoms with Crippen molar-refractivity contribution >= 4 is 11.8 Å². The highest BCUT2D eigenvalue weighted by Gasteiger charge is 2.20. The Morgan fingerprint density at radius 2 is 2.12 bits per heavy atom. The molecule has 0 unspecified atom stereocenters. The van der Waals surface area contributed by atoms with Crippen molar-refractivity contribution in [3.8, 4) is 0 Å². The van der Waals surface area contributed by atoms with Gasteiger partial charge in [0.25, 0.3) is 0 Å². The topological polar surface area (TPSA) is 89.2 Å². The van der Waals surface area contributed by atoms with E-state index >= 15 is 0 Å². The molecule has 0 saturated heterocycles. The van der Waals surface area contributed by atoms with Gasteiger partial charge in [0.1, 0.15) is 11.8 Å².